The summed E-state index contributed by atoms with van der Waals surface area (Å²) in [6.07, 6.45) is 2.82. The van der Waals surface area contributed by atoms with E-state index in [1.54, 1.807) is 0 Å². The molecular weight excluding hydrogens is 240 g/mol. The lowest BCUT2D eigenvalue weighted by molar-refractivity contribution is 0.0901. The fourth-order valence-corrected chi connectivity index (χ4v) is 4.34. The molecule has 0 aliphatic carbocycles. The van der Waals surface area contributed by atoms with E-state index < -0.39 is 0 Å². The zero-order chi connectivity index (χ0) is 12.6. The van der Waals surface area contributed by atoms with Crippen molar-refractivity contribution < 1.29 is 0 Å². The molecule has 0 amide bonds. The van der Waals surface area contributed by atoms with Crippen LogP contribution in [-0.2, 0) is 5.41 Å². The topological polar surface area (TPSA) is 6.48 Å². The van der Waals surface area contributed by atoms with Gasteiger partial charge in [0.2, 0.25) is 0 Å². The van der Waals surface area contributed by atoms with Gasteiger partial charge in [-0.2, -0.15) is 0 Å². The quantitative estimate of drug-likeness (QED) is 0.828. The van der Waals surface area contributed by atoms with Crippen LogP contribution in [0.1, 0.15) is 31.6 Å². The standard InChI is InChI=1S/C15H24N2S/c1-15(2,14-6-4-10-18-14)12-16-8-9-17-7-3-5-13(17)11-16/h4,6,10,13H,3,5,7-9,11-12H2,1-2H3. The number of hydrogen-bond acceptors (Lipinski definition) is 3. The van der Waals surface area contributed by atoms with Gasteiger partial charge in [0.15, 0.2) is 0 Å². The molecule has 3 rings (SSSR count). The summed E-state index contributed by atoms with van der Waals surface area (Å²) >= 11 is 1.90. The molecule has 0 spiro atoms. The molecule has 1 aromatic rings. The summed E-state index contributed by atoms with van der Waals surface area (Å²) in [6, 6.07) is 5.31. The Morgan fingerprint density at radius 1 is 1.33 bits per heavy atom. The number of piperazine rings is 1. The van der Waals surface area contributed by atoms with Crippen LogP contribution in [0, 0.1) is 0 Å². The largest absolute Gasteiger partial charge is 0.300 e. The van der Waals surface area contributed by atoms with Crippen LogP contribution in [-0.4, -0.2) is 48.6 Å². The maximum atomic E-state index is 2.69. The van der Waals surface area contributed by atoms with Crippen LogP contribution in [0.5, 0.6) is 0 Å². The van der Waals surface area contributed by atoms with E-state index in [0.717, 1.165) is 6.04 Å². The van der Waals surface area contributed by atoms with Crippen LogP contribution in [0.4, 0.5) is 0 Å². The van der Waals surface area contributed by atoms with Gasteiger partial charge in [-0.1, -0.05) is 19.9 Å². The fourth-order valence-electron chi connectivity index (χ4n) is 3.50. The zero-order valence-corrected chi connectivity index (χ0v) is 12.4. The van der Waals surface area contributed by atoms with Crippen molar-refractivity contribution >= 4 is 11.3 Å². The van der Waals surface area contributed by atoms with E-state index >= 15 is 0 Å². The number of rotatable bonds is 3. The van der Waals surface area contributed by atoms with Crippen LogP contribution in [0.3, 0.4) is 0 Å². The number of thiophene rings is 1. The van der Waals surface area contributed by atoms with E-state index in [0.29, 0.717) is 5.41 Å². The van der Waals surface area contributed by atoms with Crippen molar-refractivity contribution in [3.8, 4) is 0 Å². The highest BCUT2D eigenvalue weighted by Crippen LogP contribution is 2.30. The first-order valence-corrected chi connectivity index (χ1v) is 8.03. The molecule has 18 heavy (non-hydrogen) atoms. The lowest BCUT2D eigenvalue weighted by atomic mass is 9.90. The minimum atomic E-state index is 0.301. The van der Waals surface area contributed by atoms with E-state index in [4.69, 9.17) is 0 Å². The summed E-state index contributed by atoms with van der Waals surface area (Å²) in [4.78, 5) is 6.90. The second kappa shape index (κ2) is 4.95. The third kappa shape index (κ3) is 2.49. The van der Waals surface area contributed by atoms with Crippen LogP contribution in [0.2, 0.25) is 0 Å². The molecule has 0 N–H and O–H groups in total. The molecule has 1 aromatic heterocycles. The molecule has 1 atom stereocenters. The Labute approximate surface area is 115 Å². The second-order valence-electron chi connectivity index (χ2n) is 6.43. The summed E-state index contributed by atoms with van der Waals surface area (Å²) < 4.78 is 0. The van der Waals surface area contributed by atoms with E-state index in [1.165, 1.54) is 50.4 Å². The Bertz CT molecular complexity index is 385. The molecule has 0 saturated carbocycles. The molecule has 2 aliphatic heterocycles. The van der Waals surface area contributed by atoms with Gasteiger partial charge in [0.1, 0.15) is 0 Å². The average molecular weight is 264 g/mol. The van der Waals surface area contributed by atoms with Crippen molar-refractivity contribution in [3.63, 3.8) is 0 Å². The number of fused-ring (bicyclic) bond motifs is 1. The highest BCUT2D eigenvalue weighted by atomic mass is 32.1. The van der Waals surface area contributed by atoms with Gasteiger partial charge in [-0.25, -0.2) is 0 Å². The van der Waals surface area contributed by atoms with Crippen molar-refractivity contribution in [2.75, 3.05) is 32.7 Å². The molecular formula is C15H24N2S. The Balaban J connectivity index is 1.63. The summed E-state index contributed by atoms with van der Waals surface area (Å²) in [6.45, 7) is 11.1. The normalized spacial score (nSPS) is 26.4. The second-order valence-corrected chi connectivity index (χ2v) is 7.38. The van der Waals surface area contributed by atoms with E-state index in [1.807, 2.05) is 11.3 Å². The van der Waals surface area contributed by atoms with Gasteiger partial charge in [0, 0.05) is 42.5 Å². The third-order valence-electron chi connectivity index (χ3n) is 4.48. The lowest BCUT2D eigenvalue weighted by Crippen LogP contribution is -2.52. The van der Waals surface area contributed by atoms with Crippen LogP contribution < -0.4 is 0 Å². The molecule has 100 valence electrons. The molecule has 0 aromatic carbocycles. The molecule has 0 radical (unpaired) electrons. The highest BCUT2D eigenvalue weighted by molar-refractivity contribution is 7.10. The molecule has 2 aliphatic rings. The van der Waals surface area contributed by atoms with Crippen molar-refractivity contribution in [2.45, 2.75) is 38.1 Å². The van der Waals surface area contributed by atoms with Gasteiger partial charge < -0.3 is 0 Å². The Morgan fingerprint density at radius 2 is 2.22 bits per heavy atom. The Kier molecular flexibility index (Phi) is 3.48. The van der Waals surface area contributed by atoms with E-state index in [2.05, 4.69) is 41.2 Å². The van der Waals surface area contributed by atoms with Gasteiger partial charge in [-0.05, 0) is 30.8 Å². The van der Waals surface area contributed by atoms with Crippen LogP contribution in [0.25, 0.3) is 0 Å². The van der Waals surface area contributed by atoms with Gasteiger partial charge in [-0.15, -0.1) is 11.3 Å². The van der Waals surface area contributed by atoms with Crippen molar-refractivity contribution in [1.29, 1.82) is 0 Å². The minimum Gasteiger partial charge on any atom is -0.300 e. The first-order chi connectivity index (χ1) is 8.65. The molecule has 0 bridgehead atoms. The molecule has 2 saturated heterocycles. The predicted octanol–water partition coefficient (Wildman–Crippen LogP) is 2.81. The number of hydrogen-bond donors (Lipinski definition) is 0. The smallest absolute Gasteiger partial charge is 0.0224 e. The van der Waals surface area contributed by atoms with Gasteiger partial charge >= 0.3 is 0 Å². The van der Waals surface area contributed by atoms with E-state index in [9.17, 15) is 0 Å². The van der Waals surface area contributed by atoms with Gasteiger partial charge in [0.25, 0.3) is 0 Å². The molecule has 1 unspecified atom stereocenters. The molecule has 3 heteroatoms. The van der Waals surface area contributed by atoms with Gasteiger partial charge in [-0.3, -0.25) is 9.80 Å². The molecule has 3 heterocycles. The van der Waals surface area contributed by atoms with E-state index in [-0.39, 0.29) is 0 Å². The van der Waals surface area contributed by atoms with Crippen molar-refractivity contribution in [2.24, 2.45) is 0 Å². The minimum absolute atomic E-state index is 0.301. The maximum Gasteiger partial charge on any atom is 0.0224 e. The third-order valence-corrected chi connectivity index (χ3v) is 5.71. The first-order valence-electron chi connectivity index (χ1n) is 7.15. The Hall–Kier alpha value is -0.380. The SMILES string of the molecule is CC(C)(CN1CCN2CCCC2C1)c1cccs1. The lowest BCUT2D eigenvalue weighted by Gasteiger charge is -2.40. The first kappa shape index (κ1) is 12.6. The fraction of sp³-hybridized carbons (Fsp3) is 0.733. The summed E-state index contributed by atoms with van der Waals surface area (Å²) in [5.41, 5.74) is 0.301. The number of nitrogens with zero attached hydrogens (tertiary/aromatic N) is 2. The predicted molar refractivity (Wildman–Crippen MR) is 78.4 cm³/mol. The summed E-state index contributed by atoms with van der Waals surface area (Å²) in [5.74, 6) is 0. The Morgan fingerprint density at radius 3 is 3.00 bits per heavy atom. The van der Waals surface area contributed by atoms with Crippen LogP contribution in [0.15, 0.2) is 17.5 Å². The zero-order valence-electron chi connectivity index (χ0n) is 11.6. The monoisotopic (exact) mass is 264 g/mol. The van der Waals surface area contributed by atoms with Crippen molar-refractivity contribution in [1.82, 2.24) is 9.80 Å². The average Bonchev–Trinajstić information content (AvgIpc) is 2.99. The molecule has 2 fully saturated rings. The van der Waals surface area contributed by atoms with Crippen molar-refractivity contribution in [3.05, 3.63) is 22.4 Å². The highest BCUT2D eigenvalue weighted by Gasteiger charge is 2.33. The van der Waals surface area contributed by atoms with Crippen LogP contribution >= 0.6 is 11.3 Å². The maximum absolute atomic E-state index is 2.69. The summed E-state index contributed by atoms with van der Waals surface area (Å²) in [5, 5.41) is 2.20. The summed E-state index contributed by atoms with van der Waals surface area (Å²) in [7, 11) is 0. The molecule has 2 nitrogen and oxygen atoms in total. The van der Waals surface area contributed by atoms with Gasteiger partial charge in [0.05, 0.1) is 0 Å².